The van der Waals surface area contributed by atoms with Gasteiger partial charge in [0.1, 0.15) is 17.1 Å². The monoisotopic (exact) mass is 324 g/mol. The lowest BCUT2D eigenvalue weighted by Gasteiger charge is -2.23. The highest BCUT2D eigenvalue weighted by atomic mass is 16.6. The molecule has 132 valence electrons. The van der Waals surface area contributed by atoms with Crippen LogP contribution in [0.3, 0.4) is 0 Å². The zero-order valence-corrected chi connectivity index (χ0v) is 15.4. The fraction of sp³-hybridized carbons (Fsp3) is 0.722. The van der Waals surface area contributed by atoms with Crippen molar-refractivity contribution in [3.63, 3.8) is 0 Å². The maximum Gasteiger partial charge on any atom is 0.407 e. The summed E-state index contributed by atoms with van der Waals surface area (Å²) >= 11 is 0. The lowest BCUT2D eigenvalue weighted by atomic mass is 10.0. The van der Waals surface area contributed by atoms with Gasteiger partial charge in [-0.15, -0.1) is 0 Å². The molecule has 1 amide bonds. The van der Waals surface area contributed by atoms with Crippen LogP contribution >= 0.6 is 0 Å². The van der Waals surface area contributed by atoms with E-state index in [4.69, 9.17) is 9.15 Å². The molecule has 0 spiro atoms. The third-order valence-electron chi connectivity index (χ3n) is 3.28. The van der Waals surface area contributed by atoms with Gasteiger partial charge < -0.3 is 19.8 Å². The minimum Gasteiger partial charge on any atom is -0.465 e. The first-order valence-corrected chi connectivity index (χ1v) is 8.47. The largest absolute Gasteiger partial charge is 0.465 e. The van der Waals surface area contributed by atoms with Crippen LogP contribution in [0.25, 0.3) is 0 Å². The van der Waals surface area contributed by atoms with Crippen molar-refractivity contribution in [3.8, 4) is 0 Å². The van der Waals surface area contributed by atoms with E-state index in [1.165, 1.54) is 0 Å². The van der Waals surface area contributed by atoms with Gasteiger partial charge in [-0.2, -0.15) is 0 Å². The van der Waals surface area contributed by atoms with Crippen molar-refractivity contribution in [1.29, 1.82) is 0 Å². The highest BCUT2D eigenvalue weighted by Gasteiger charge is 2.18. The molecule has 1 rings (SSSR count). The number of furan rings is 1. The molecule has 0 aromatic carbocycles. The van der Waals surface area contributed by atoms with Crippen LogP contribution in [0.5, 0.6) is 0 Å². The number of amides is 1. The number of hydrogen-bond acceptors (Lipinski definition) is 4. The van der Waals surface area contributed by atoms with Crippen LogP contribution in [0.15, 0.2) is 16.5 Å². The Labute approximate surface area is 140 Å². The first-order chi connectivity index (χ1) is 10.7. The summed E-state index contributed by atoms with van der Waals surface area (Å²) in [6, 6.07) is 4.19. The van der Waals surface area contributed by atoms with Crippen LogP contribution in [0.4, 0.5) is 4.79 Å². The minimum absolute atomic E-state index is 0.178. The fourth-order valence-electron chi connectivity index (χ4n) is 2.28. The Kier molecular flexibility index (Phi) is 7.62. The zero-order valence-electron chi connectivity index (χ0n) is 15.4. The molecule has 1 atom stereocenters. The van der Waals surface area contributed by atoms with Crippen LogP contribution in [-0.2, 0) is 17.7 Å². The normalized spacial score (nSPS) is 13.2. The van der Waals surface area contributed by atoms with Gasteiger partial charge in [-0.25, -0.2) is 4.79 Å². The van der Waals surface area contributed by atoms with Crippen LogP contribution in [0.2, 0.25) is 0 Å². The van der Waals surface area contributed by atoms with E-state index in [0.29, 0.717) is 19.0 Å². The Bertz CT molecular complexity index is 475. The molecule has 5 nitrogen and oxygen atoms in total. The highest BCUT2D eigenvalue weighted by molar-refractivity contribution is 5.67. The van der Waals surface area contributed by atoms with Gasteiger partial charge in [-0.05, 0) is 45.2 Å². The number of alkyl carbamates (subject to hydrolysis) is 1. The van der Waals surface area contributed by atoms with E-state index >= 15 is 0 Å². The van der Waals surface area contributed by atoms with E-state index in [1.807, 2.05) is 32.9 Å². The van der Waals surface area contributed by atoms with Crippen molar-refractivity contribution in [3.05, 3.63) is 23.7 Å². The molecule has 0 bridgehead atoms. The first kappa shape index (κ1) is 19.6. The van der Waals surface area contributed by atoms with E-state index in [0.717, 1.165) is 24.4 Å². The summed E-state index contributed by atoms with van der Waals surface area (Å²) in [6.07, 6.45) is 1.49. The van der Waals surface area contributed by atoms with Crippen molar-refractivity contribution in [2.75, 3.05) is 6.54 Å². The number of carbonyl (C=O) groups is 1. The van der Waals surface area contributed by atoms with E-state index < -0.39 is 5.60 Å². The summed E-state index contributed by atoms with van der Waals surface area (Å²) in [6.45, 7) is 13.2. The summed E-state index contributed by atoms with van der Waals surface area (Å²) in [5.74, 6) is 2.46. The summed E-state index contributed by atoms with van der Waals surface area (Å²) in [5, 5.41) is 6.30. The van der Waals surface area contributed by atoms with Crippen molar-refractivity contribution >= 4 is 6.09 Å². The number of ether oxygens (including phenoxy) is 1. The maximum atomic E-state index is 11.8. The average Bonchev–Trinajstić information content (AvgIpc) is 2.87. The van der Waals surface area contributed by atoms with E-state index in [9.17, 15) is 4.79 Å². The molecule has 1 heterocycles. The number of hydrogen-bond donors (Lipinski definition) is 2. The minimum atomic E-state index is -0.476. The van der Waals surface area contributed by atoms with Gasteiger partial charge >= 0.3 is 6.09 Å². The predicted octanol–water partition coefficient (Wildman–Crippen LogP) is 3.87. The van der Waals surface area contributed by atoms with Gasteiger partial charge in [-0.1, -0.05) is 20.8 Å². The molecule has 0 fully saturated rings. The number of rotatable bonds is 8. The fourth-order valence-corrected chi connectivity index (χ4v) is 2.28. The number of aryl methyl sites for hydroxylation is 1. The standard InChI is InChI=1S/C18H32N2O3/c1-7-15-8-9-16(22-15)12-19-14(10-13(2)3)11-20-17(21)23-18(4,5)6/h8-9,13-14,19H,7,10-12H2,1-6H3,(H,20,21). The van der Waals surface area contributed by atoms with Crippen LogP contribution < -0.4 is 10.6 Å². The molecule has 0 saturated carbocycles. The Morgan fingerprint density at radius 1 is 1.26 bits per heavy atom. The second-order valence-electron chi connectivity index (χ2n) is 7.31. The molecular formula is C18H32N2O3. The topological polar surface area (TPSA) is 63.5 Å². The van der Waals surface area contributed by atoms with Crippen molar-refractivity contribution in [1.82, 2.24) is 10.6 Å². The lowest BCUT2D eigenvalue weighted by molar-refractivity contribution is 0.0520. The molecule has 0 aliphatic heterocycles. The molecule has 5 heteroatoms. The van der Waals surface area contributed by atoms with E-state index in [2.05, 4.69) is 31.4 Å². The quantitative estimate of drug-likeness (QED) is 0.762. The molecule has 0 saturated heterocycles. The average molecular weight is 324 g/mol. The van der Waals surface area contributed by atoms with Crippen LogP contribution in [-0.4, -0.2) is 24.3 Å². The molecule has 0 aliphatic rings. The van der Waals surface area contributed by atoms with Crippen molar-refractivity contribution in [2.45, 2.75) is 72.6 Å². The van der Waals surface area contributed by atoms with Gasteiger partial charge in [0.15, 0.2) is 0 Å². The molecule has 1 unspecified atom stereocenters. The third-order valence-corrected chi connectivity index (χ3v) is 3.28. The van der Waals surface area contributed by atoms with Crippen LogP contribution in [0, 0.1) is 5.92 Å². The SMILES string of the molecule is CCc1ccc(CNC(CNC(=O)OC(C)(C)C)CC(C)C)o1. The molecule has 0 radical (unpaired) electrons. The summed E-state index contributed by atoms with van der Waals surface area (Å²) in [5.41, 5.74) is -0.476. The molecule has 2 N–H and O–H groups in total. The molecular weight excluding hydrogens is 292 g/mol. The molecule has 1 aromatic rings. The Balaban J connectivity index is 2.47. The first-order valence-electron chi connectivity index (χ1n) is 8.47. The van der Waals surface area contributed by atoms with Gasteiger partial charge in [-0.3, -0.25) is 0 Å². The highest BCUT2D eigenvalue weighted by Crippen LogP contribution is 2.11. The maximum absolute atomic E-state index is 11.8. The summed E-state index contributed by atoms with van der Waals surface area (Å²) < 4.78 is 11.0. The number of nitrogens with one attached hydrogen (secondary N) is 2. The number of carbonyl (C=O) groups excluding carboxylic acids is 1. The summed E-state index contributed by atoms with van der Waals surface area (Å²) in [4.78, 5) is 11.8. The summed E-state index contributed by atoms with van der Waals surface area (Å²) in [7, 11) is 0. The van der Waals surface area contributed by atoms with Crippen molar-refractivity contribution < 1.29 is 13.9 Å². The predicted molar refractivity (Wildman–Crippen MR) is 92.4 cm³/mol. The van der Waals surface area contributed by atoms with Gasteiger partial charge in [0.25, 0.3) is 0 Å². The molecule has 0 aliphatic carbocycles. The van der Waals surface area contributed by atoms with Gasteiger partial charge in [0.2, 0.25) is 0 Å². The van der Waals surface area contributed by atoms with Crippen LogP contribution in [0.1, 0.15) is 59.5 Å². The smallest absolute Gasteiger partial charge is 0.407 e. The van der Waals surface area contributed by atoms with Gasteiger partial charge in [0.05, 0.1) is 6.54 Å². The van der Waals surface area contributed by atoms with E-state index in [1.54, 1.807) is 0 Å². The second-order valence-corrected chi connectivity index (χ2v) is 7.31. The lowest BCUT2D eigenvalue weighted by Crippen LogP contribution is -2.43. The Hall–Kier alpha value is -1.49. The molecule has 23 heavy (non-hydrogen) atoms. The molecule has 1 aromatic heterocycles. The van der Waals surface area contributed by atoms with Crippen molar-refractivity contribution in [2.24, 2.45) is 5.92 Å². The zero-order chi connectivity index (χ0) is 17.5. The van der Waals surface area contributed by atoms with Gasteiger partial charge in [0, 0.05) is 19.0 Å². The van der Waals surface area contributed by atoms with E-state index in [-0.39, 0.29) is 12.1 Å². The Morgan fingerprint density at radius 3 is 2.43 bits per heavy atom. The third kappa shape index (κ3) is 8.65. The Morgan fingerprint density at radius 2 is 1.91 bits per heavy atom. The second kappa shape index (κ2) is 8.96.